The zero-order chi connectivity index (χ0) is 27.7. The van der Waals surface area contributed by atoms with Crippen molar-refractivity contribution in [2.24, 2.45) is 29.1 Å². The molecule has 0 aliphatic carbocycles. The number of carboxylic acids is 2. The molecule has 2 aliphatic heterocycles. The molecule has 0 amide bonds. The van der Waals surface area contributed by atoms with Crippen LogP contribution in [0.1, 0.15) is 127 Å². The lowest BCUT2D eigenvalue weighted by atomic mass is 9.47. The van der Waals surface area contributed by atoms with Crippen molar-refractivity contribution in [3.8, 4) is 0 Å². The highest BCUT2D eigenvalue weighted by molar-refractivity contribution is 5.76. The van der Waals surface area contributed by atoms with Crippen LogP contribution >= 0.6 is 0 Å². The Morgan fingerprint density at radius 2 is 1.17 bits per heavy atom. The molecule has 0 spiro atoms. The Balaban J connectivity index is 2.80. The molecule has 4 N–H and O–H groups in total. The molecule has 36 heavy (non-hydrogen) atoms. The molecule has 0 saturated carbocycles. The van der Waals surface area contributed by atoms with Crippen LogP contribution in [0.15, 0.2) is 0 Å². The van der Waals surface area contributed by atoms with Crippen LogP contribution in [0.5, 0.6) is 0 Å². The van der Waals surface area contributed by atoms with Crippen LogP contribution in [0, 0.1) is 29.1 Å². The lowest BCUT2D eigenvalue weighted by Gasteiger charge is -2.63. The maximum Gasteiger partial charge on any atom is 0.310 e. The van der Waals surface area contributed by atoms with Gasteiger partial charge in [0.1, 0.15) is 0 Å². The summed E-state index contributed by atoms with van der Waals surface area (Å²) in [6.45, 7) is 22.3. The predicted octanol–water partition coefficient (Wildman–Crippen LogP) is 6.48. The fourth-order valence-electron chi connectivity index (χ4n) is 8.07. The highest BCUT2D eigenvalue weighted by Gasteiger charge is 2.63. The van der Waals surface area contributed by atoms with E-state index in [0.717, 1.165) is 38.5 Å². The van der Waals surface area contributed by atoms with Crippen molar-refractivity contribution in [1.82, 2.24) is 10.6 Å². The molecule has 2 saturated heterocycles. The second-order valence-electron chi connectivity index (χ2n) is 13.4. The summed E-state index contributed by atoms with van der Waals surface area (Å²) < 4.78 is 0. The number of hydrogen-bond acceptors (Lipinski definition) is 4. The zero-order valence-electron chi connectivity index (χ0n) is 24.9. The molecule has 210 valence electrons. The summed E-state index contributed by atoms with van der Waals surface area (Å²) in [4.78, 5) is 25.4. The molecule has 8 atom stereocenters. The normalized spacial score (nSPS) is 43.1. The van der Waals surface area contributed by atoms with E-state index in [1.54, 1.807) is 0 Å². The topological polar surface area (TPSA) is 98.7 Å². The molecular weight excluding hydrogens is 452 g/mol. The van der Waals surface area contributed by atoms with Gasteiger partial charge in [0.05, 0.1) is 5.41 Å². The van der Waals surface area contributed by atoms with Crippen molar-refractivity contribution < 1.29 is 19.8 Å². The first kappa shape index (κ1) is 31.1. The summed E-state index contributed by atoms with van der Waals surface area (Å²) in [5, 5.41) is 28.7. The minimum Gasteiger partial charge on any atom is -0.481 e. The van der Waals surface area contributed by atoms with Gasteiger partial charge in [-0.25, -0.2) is 0 Å². The number of rotatable bonds is 11. The average molecular weight is 509 g/mol. The molecule has 0 aromatic carbocycles. The summed E-state index contributed by atoms with van der Waals surface area (Å²) in [7, 11) is 0. The molecule has 0 bridgehead atoms. The summed E-state index contributed by atoms with van der Waals surface area (Å²) in [5.41, 5.74) is -1.67. The first-order valence-electron chi connectivity index (χ1n) is 14.6. The Morgan fingerprint density at radius 1 is 0.778 bits per heavy atom. The number of carbonyl (C=O) groups is 2. The molecule has 2 fully saturated rings. The monoisotopic (exact) mass is 508 g/mol. The summed E-state index contributed by atoms with van der Waals surface area (Å²) in [6, 6.07) is 0. The first-order valence-corrected chi connectivity index (χ1v) is 14.6. The predicted molar refractivity (Wildman–Crippen MR) is 147 cm³/mol. The van der Waals surface area contributed by atoms with Gasteiger partial charge in [0.2, 0.25) is 0 Å². The number of aliphatic carboxylic acids is 2. The van der Waals surface area contributed by atoms with E-state index < -0.39 is 17.4 Å². The molecule has 0 aromatic heterocycles. The quantitative estimate of drug-likeness (QED) is 0.255. The van der Waals surface area contributed by atoms with Crippen LogP contribution < -0.4 is 10.6 Å². The lowest BCUT2D eigenvalue weighted by Crippen LogP contribution is -2.71. The molecule has 2 heterocycles. The summed E-state index contributed by atoms with van der Waals surface area (Å²) in [6.07, 6.45) is 6.11. The van der Waals surface area contributed by atoms with Gasteiger partial charge in [0.15, 0.2) is 0 Å². The Morgan fingerprint density at radius 3 is 1.44 bits per heavy atom. The zero-order valence-corrected chi connectivity index (χ0v) is 24.9. The Kier molecular flexibility index (Phi) is 9.43. The Labute approximate surface area is 220 Å². The third-order valence-corrected chi connectivity index (χ3v) is 11.5. The third kappa shape index (κ3) is 5.50. The largest absolute Gasteiger partial charge is 0.481 e. The molecule has 6 heteroatoms. The number of piperidine rings is 2. The lowest BCUT2D eigenvalue weighted by molar-refractivity contribution is -0.177. The van der Waals surface area contributed by atoms with Crippen LogP contribution in [0.3, 0.4) is 0 Å². The highest BCUT2D eigenvalue weighted by atomic mass is 16.4. The number of carboxylic acid groups (broad SMARTS) is 2. The van der Waals surface area contributed by atoms with Crippen LogP contribution in [0.2, 0.25) is 0 Å². The Hall–Kier alpha value is -1.14. The van der Waals surface area contributed by atoms with E-state index in [1.807, 2.05) is 0 Å². The molecule has 2 rings (SSSR count). The van der Waals surface area contributed by atoms with Gasteiger partial charge in [0, 0.05) is 28.6 Å². The van der Waals surface area contributed by atoms with E-state index in [9.17, 15) is 19.8 Å². The summed E-state index contributed by atoms with van der Waals surface area (Å²) in [5.74, 6) is -1.38. The molecular formula is C30H56N2O4. The maximum absolute atomic E-state index is 13.8. The van der Waals surface area contributed by atoms with Gasteiger partial charge >= 0.3 is 11.9 Å². The molecule has 8 unspecified atom stereocenters. The van der Waals surface area contributed by atoms with Crippen molar-refractivity contribution in [3.63, 3.8) is 0 Å². The van der Waals surface area contributed by atoms with E-state index in [2.05, 4.69) is 79.9 Å². The first-order chi connectivity index (χ1) is 16.5. The van der Waals surface area contributed by atoms with Gasteiger partial charge in [-0.05, 0) is 103 Å². The van der Waals surface area contributed by atoms with Crippen molar-refractivity contribution >= 4 is 11.9 Å². The molecule has 2 aliphatic rings. The minimum atomic E-state index is -0.988. The van der Waals surface area contributed by atoms with Crippen molar-refractivity contribution in [2.45, 2.75) is 149 Å². The standard InChI is InChI=1S/C30H56N2O4/c1-11-26(7)18-22(20(5)28(9,13-3)31-26)30(25(35)36,17-15-16-24(33)34)23-19-27(8,12-2)32-29(10,14-4)21(23)6/h20-23,31-32H,11-19H2,1-10H3,(H,33,34)(H,35,36). The molecule has 0 aromatic rings. The third-order valence-electron chi connectivity index (χ3n) is 11.5. The fraction of sp³-hybridized carbons (Fsp3) is 0.933. The minimum absolute atomic E-state index is 0.0138. The smallest absolute Gasteiger partial charge is 0.310 e. The maximum atomic E-state index is 13.8. The van der Waals surface area contributed by atoms with Gasteiger partial charge in [-0.2, -0.15) is 0 Å². The van der Waals surface area contributed by atoms with E-state index in [0.29, 0.717) is 12.8 Å². The van der Waals surface area contributed by atoms with Crippen molar-refractivity contribution in [1.29, 1.82) is 0 Å². The molecule has 0 radical (unpaired) electrons. The van der Waals surface area contributed by atoms with Crippen LogP contribution in [0.4, 0.5) is 0 Å². The van der Waals surface area contributed by atoms with Gasteiger partial charge < -0.3 is 20.8 Å². The van der Waals surface area contributed by atoms with E-state index in [-0.39, 0.29) is 52.2 Å². The van der Waals surface area contributed by atoms with Gasteiger partial charge in [-0.15, -0.1) is 0 Å². The van der Waals surface area contributed by atoms with Crippen LogP contribution in [0.25, 0.3) is 0 Å². The highest BCUT2D eigenvalue weighted by Crippen LogP contribution is 2.59. The van der Waals surface area contributed by atoms with Gasteiger partial charge in [-0.3, -0.25) is 9.59 Å². The molecule has 6 nitrogen and oxygen atoms in total. The number of hydrogen-bond donors (Lipinski definition) is 4. The SMILES string of the molecule is CCC1(C)CC(C(CCCC(=O)O)(C(=O)O)C2CC(C)(CC)NC(C)(CC)C2C)C(C)C(C)(CC)N1. The van der Waals surface area contributed by atoms with E-state index in [4.69, 9.17) is 0 Å². The van der Waals surface area contributed by atoms with Crippen molar-refractivity contribution in [3.05, 3.63) is 0 Å². The van der Waals surface area contributed by atoms with Crippen LogP contribution in [-0.2, 0) is 9.59 Å². The van der Waals surface area contributed by atoms with Crippen LogP contribution in [-0.4, -0.2) is 44.3 Å². The fourth-order valence-corrected chi connectivity index (χ4v) is 8.07. The Bertz CT molecular complexity index is 756. The van der Waals surface area contributed by atoms with E-state index in [1.165, 1.54) is 0 Å². The average Bonchev–Trinajstić information content (AvgIpc) is 2.81. The second-order valence-corrected chi connectivity index (χ2v) is 13.4. The second kappa shape index (κ2) is 10.9. The van der Waals surface area contributed by atoms with Gasteiger partial charge in [-0.1, -0.05) is 41.5 Å². The van der Waals surface area contributed by atoms with Gasteiger partial charge in [0.25, 0.3) is 0 Å². The summed E-state index contributed by atoms with van der Waals surface area (Å²) >= 11 is 0. The van der Waals surface area contributed by atoms with E-state index >= 15 is 0 Å². The van der Waals surface area contributed by atoms with Crippen molar-refractivity contribution in [2.75, 3.05) is 0 Å². The number of nitrogens with one attached hydrogen (secondary N) is 2.